The zero-order valence-corrected chi connectivity index (χ0v) is 19.4. The summed E-state index contributed by atoms with van der Waals surface area (Å²) in [5.74, 6) is -0.820. The normalized spacial score (nSPS) is 18.0. The van der Waals surface area contributed by atoms with Crippen LogP contribution in [0.2, 0.25) is 0 Å². The van der Waals surface area contributed by atoms with Crippen molar-refractivity contribution in [2.75, 3.05) is 39.2 Å². The van der Waals surface area contributed by atoms with Crippen LogP contribution in [0.1, 0.15) is 23.8 Å². The molecule has 11 nitrogen and oxygen atoms in total. The number of rotatable bonds is 5. The van der Waals surface area contributed by atoms with Crippen LogP contribution in [0.3, 0.4) is 0 Å². The highest BCUT2D eigenvalue weighted by Crippen LogP contribution is 2.39. The predicted molar refractivity (Wildman–Crippen MR) is 122 cm³/mol. The molecule has 0 aromatic carbocycles. The molecule has 3 N–H and O–H groups in total. The van der Waals surface area contributed by atoms with Crippen LogP contribution in [-0.4, -0.2) is 67.9 Å². The molecule has 2 aliphatic rings. The van der Waals surface area contributed by atoms with E-state index >= 15 is 0 Å². The summed E-state index contributed by atoms with van der Waals surface area (Å²) in [6.45, 7) is 1.97. The van der Waals surface area contributed by atoms with Crippen molar-refractivity contribution in [3.8, 4) is 0 Å². The summed E-state index contributed by atoms with van der Waals surface area (Å²) in [7, 11) is -3.55. The molecule has 1 fully saturated rings. The highest BCUT2D eigenvalue weighted by atomic mass is 32.2. The molecule has 4 heterocycles. The summed E-state index contributed by atoms with van der Waals surface area (Å²) in [6.07, 6.45) is -1.71. The lowest BCUT2D eigenvalue weighted by molar-refractivity contribution is -0.149. The lowest BCUT2D eigenvalue weighted by atomic mass is 10.1. The highest BCUT2D eigenvalue weighted by Gasteiger charge is 2.41. The summed E-state index contributed by atoms with van der Waals surface area (Å²) in [5.41, 5.74) is 0.493. The Balaban J connectivity index is 1.60. The Morgan fingerprint density at radius 1 is 1.23 bits per heavy atom. The summed E-state index contributed by atoms with van der Waals surface area (Å²) < 4.78 is 63.8. The van der Waals surface area contributed by atoms with E-state index in [-0.39, 0.29) is 29.1 Å². The third-order valence-electron chi connectivity index (χ3n) is 5.54. The van der Waals surface area contributed by atoms with Crippen molar-refractivity contribution in [2.45, 2.75) is 31.6 Å². The van der Waals surface area contributed by atoms with Crippen LogP contribution in [0.15, 0.2) is 30.5 Å². The van der Waals surface area contributed by atoms with Gasteiger partial charge in [-0.1, -0.05) is 0 Å². The molecule has 2 bridgehead atoms. The van der Waals surface area contributed by atoms with Crippen LogP contribution < -0.4 is 25.2 Å². The molecule has 35 heavy (non-hydrogen) atoms. The van der Waals surface area contributed by atoms with Crippen molar-refractivity contribution in [1.82, 2.24) is 15.3 Å². The standard InChI is InChI=1S/C20H22F3N7O4S/c1-11(20(21,22)23)25-18(31)14-3-4-15-17(26-14)30(13-6-8-29(15)10-13)19(32)27-16-9-12(5-7-24-16)28-35(2,33)34/h3-5,7,9,11,13H,6,8,10H2,1-2H3,(H,25,31)(H2,24,27,28,32)/t11-,13?/m1/s1. The molecule has 2 aliphatic heterocycles. The molecule has 3 amide bonds. The fraction of sp³-hybridized carbons (Fsp3) is 0.400. The number of pyridine rings is 2. The molecule has 0 saturated carbocycles. The zero-order valence-electron chi connectivity index (χ0n) is 18.6. The Morgan fingerprint density at radius 2 is 1.97 bits per heavy atom. The van der Waals surface area contributed by atoms with Crippen LogP contribution in [0.25, 0.3) is 0 Å². The van der Waals surface area contributed by atoms with E-state index in [2.05, 4.69) is 20.0 Å². The molecule has 0 radical (unpaired) electrons. The Morgan fingerprint density at radius 3 is 2.66 bits per heavy atom. The van der Waals surface area contributed by atoms with E-state index in [0.717, 1.165) is 13.2 Å². The Hall–Kier alpha value is -3.62. The number of alkyl halides is 3. The molecule has 1 unspecified atom stereocenters. The van der Waals surface area contributed by atoms with Crippen molar-refractivity contribution in [3.05, 3.63) is 36.2 Å². The van der Waals surface area contributed by atoms with Crippen LogP contribution >= 0.6 is 0 Å². The van der Waals surface area contributed by atoms with E-state index in [4.69, 9.17) is 0 Å². The van der Waals surface area contributed by atoms with Crippen LogP contribution in [-0.2, 0) is 10.0 Å². The van der Waals surface area contributed by atoms with Gasteiger partial charge in [0.05, 0.1) is 23.7 Å². The minimum atomic E-state index is -4.62. The van der Waals surface area contributed by atoms with E-state index in [1.807, 2.05) is 10.2 Å². The lowest BCUT2D eigenvalue weighted by Crippen LogP contribution is -2.49. The van der Waals surface area contributed by atoms with E-state index in [1.165, 1.54) is 29.3 Å². The Bertz CT molecular complexity index is 1270. The number of fused-ring (bicyclic) bond motifs is 4. The molecule has 1 saturated heterocycles. The number of hydrogen-bond donors (Lipinski definition) is 3. The Kier molecular flexibility index (Phi) is 6.21. The molecule has 4 rings (SSSR count). The number of sulfonamides is 1. The summed E-state index contributed by atoms with van der Waals surface area (Å²) in [5, 5.41) is 4.46. The van der Waals surface area contributed by atoms with Gasteiger partial charge in [-0.2, -0.15) is 13.2 Å². The van der Waals surface area contributed by atoms with Gasteiger partial charge < -0.3 is 10.2 Å². The van der Waals surface area contributed by atoms with Gasteiger partial charge in [-0.15, -0.1) is 0 Å². The van der Waals surface area contributed by atoms with Crippen molar-refractivity contribution in [2.24, 2.45) is 0 Å². The summed E-state index contributed by atoms with van der Waals surface area (Å²) >= 11 is 0. The largest absolute Gasteiger partial charge is 0.408 e. The molecular formula is C20H22F3N7O4S. The number of carbonyl (C=O) groups excluding carboxylic acids is 2. The first-order valence-corrected chi connectivity index (χ1v) is 12.4. The average molecular weight is 514 g/mol. The van der Waals surface area contributed by atoms with Crippen molar-refractivity contribution in [3.63, 3.8) is 0 Å². The quantitative estimate of drug-likeness (QED) is 0.557. The second kappa shape index (κ2) is 8.87. The van der Waals surface area contributed by atoms with Crippen molar-refractivity contribution < 1.29 is 31.2 Å². The first-order valence-electron chi connectivity index (χ1n) is 10.5. The number of nitrogens with one attached hydrogen (secondary N) is 3. The number of urea groups is 1. The first kappa shape index (κ1) is 24.5. The van der Waals surface area contributed by atoms with Gasteiger partial charge in [0.2, 0.25) is 10.0 Å². The van der Waals surface area contributed by atoms with Crippen molar-refractivity contribution in [1.29, 1.82) is 0 Å². The maximum absolute atomic E-state index is 13.2. The number of anilines is 4. The van der Waals surface area contributed by atoms with Gasteiger partial charge in [0, 0.05) is 25.4 Å². The fourth-order valence-electron chi connectivity index (χ4n) is 3.90. The molecule has 0 aliphatic carbocycles. The monoisotopic (exact) mass is 513 g/mol. The number of nitrogens with zero attached hydrogens (tertiary/aromatic N) is 4. The number of halogens is 3. The van der Waals surface area contributed by atoms with Gasteiger partial charge >= 0.3 is 12.2 Å². The Labute approximate surface area is 198 Å². The zero-order chi connectivity index (χ0) is 25.5. The SMILES string of the molecule is C[C@@H](NC(=O)c1ccc2c(n1)N(C(=O)Nc1cc(NS(C)(=O)=O)ccn1)C1CCN2C1)C(F)(F)F. The van der Waals surface area contributed by atoms with Crippen LogP contribution in [0, 0.1) is 0 Å². The number of carbonyl (C=O) groups is 2. The van der Waals surface area contributed by atoms with E-state index in [0.29, 0.717) is 25.2 Å². The maximum Gasteiger partial charge on any atom is 0.408 e. The van der Waals surface area contributed by atoms with Gasteiger partial charge in [0.1, 0.15) is 17.6 Å². The highest BCUT2D eigenvalue weighted by molar-refractivity contribution is 7.92. The van der Waals surface area contributed by atoms with Crippen LogP contribution in [0.4, 0.5) is 41.0 Å². The third kappa shape index (κ3) is 5.39. The molecule has 188 valence electrons. The van der Waals surface area contributed by atoms with Gasteiger partial charge in [-0.3, -0.25) is 19.7 Å². The van der Waals surface area contributed by atoms with Gasteiger partial charge in [-0.05, 0) is 31.5 Å². The third-order valence-corrected chi connectivity index (χ3v) is 6.15. The van der Waals surface area contributed by atoms with Crippen LogP contribution in [0.5, 0.6) is 0 Å². The molecule has 2 aromatic rings. The summed E-state index contributed by atoms with van der Waals surface area (Å²) in [6, 6.07) is 2.61. The predicted octanol–water partition coefficient (Wildman–Crippen LogP) is 2.16. The van der Waals surface area contributed by atoms with Gasteiger partial charge in [-0.25, -0.2) is 23.2 Å². The van der Waals surface area contributed by atoms with E-state index < -0.39 is 34.2 Å². The maximum atomic E-state index is 13.2. The van der Waals surface area contributed by atoms with E-state index in [9.17, 15) is 31.2 Å². The topological polar surface area (TPSA) is 137 Å². The average Bonchev–Trinajstić information content (AvgIpc) is 3.16. The molecule has 0 spiro atoms. The van der Waals surface area contributed by atoms with E-state index in [1.54, 1.807) is 6.07 Å². The molecule has 2 aromatic heterocycles. The lowest BCUT2D eigenvalue weighted by Gasteiger charge is -2.35. The van der Waals surface area contributed by atoms with Gasteiger partial charge in [0.25, 0.3) is 5.91 Å². The second-order valence-electron chi connectivity index (χ2n) is 8.27. The molecule has 15 heteroatoms. The minimum absolute atomic E-state index is 0.0681. The second-order valence-corrected chi connectivity index (χ2v) is 10.0. The molecular weight excluding hydrogens is 491 g/mol. The fourth-order valence-corrected chi connectivity index (χ4v) is 4.45. The first-order chi connectivity index (χ1) is 16.3. The number of aromatic nitrogens is 2. The number of amides is 3. The van der Waals surface area contributed by atoms with Gasteiger partial charge in [0.15, 0.2) is 5.82 Å². The van der Waals surface area contributed by atoms with Crippen molar-refractivity contribution >= 4 is 45.0 Å². The minimum Gasteiger partial charge on any atom is -0.366 e. The summed E-state index contributed by atoms with van der Waals surface area (Å²) in [4.78, 5) is 37.2. The number of hydrogen-bond acceptors (Lipinski definition) is 7. The smallest absolute Gasteiger partial charge is 0.366 e. The molecule has 2 atom stereocenters.